The first kappa shape index (κ1) is 16.8. The highest BCUT2D eigenvalue weighted by atomic mass is 16.5. The van der Waals surface area contributed by atoms with Gasteiger partial charge >= 0.3 is 12.0 Å². The zero-order chi connectivity index (χ0) is 15.0. The van der Waals surface area contributed by atoms with Crippen molar-refractivity contribution < 1.29 is 19.4 Å². The molecule has 6 heteroatoms. The Hall–Kier alpha value is -1.30. The number of hydrogen-bond donors (Lipinski definition) is 3. The molecule has 1 rings (SSSR count). The van der Waals surface area contributed by atoms with Gasteiger partial charge in [-0.25, -0.2) is 4.79 Å². The molecule has 1 fully saturated rings. The van der Waals surface area contributed by atoms with Crippen LogP contribution in [0.15, 0.2) is 0 Å². The predicted octanol–water partition coefficient (Wildman–Crippen LogP) is 1.74. The number of rotatable bonds is 6. The molecule has 1 saturated carbocycles. The molecule has 0 radical (unpaired) electrons. The molecule has 2 amide bonds. The van der Waals surface area contributed by atoms with Crippen LogP contribution in [-0.2, 0) is 9.53 Å². The minimum absolute atomic E-state index is 0.113. The van der Waals surface area contributed by atoms with Gasteiger partial charge in [0.2, 0.25) is 0 Å². The van der Waals surface area contributed by atoms with Gasteiger partial charge in [-0.1, -0.05) is 19.8 Å². The van der Waals surface area contributed by atoms with E-state index in [2.05, 4.69) is 17.6 Å². The first-order valence-corrected chi connectivity index (χ1v) is 7.30. The van der Waals surface area contributed by atoms with Gasteiger partial charge in [0.05, 0.1) is 12.5 Å². The van der Waals surface area contributed by atoms with Crippen molar-refractivity contribution in [2.45, 2.75) is 57.6 Å². The van der Waals surface area contributed by atoms with E-state index in [9.17, 15) is 9.59 Å². The first-order chi connectivity index (χ1) is 9.51. The average molecular weight is 286 g/mol. The van der Waals surface area contributed by atoms with Crippen LogP contribution in [0.1, 0.15) is 45.4 Å². The van der Waals surface area contributed by atoms with Gasteiger partial charge in [0.15, 0.2) is 0 Å². The molecule has 0 aromatic carbocycles. The summed E-state index contributed by atoms with van der Waals surface area (Å²) in [5.41, 5.74) is 0. The molecule has 3 atom stereocenters. The molecule has 0 bridgehead atoms. The topological polar surface area (TPSA) is 87.7 Å². The van der Waals surface area contributed by atoms with Crippen LogP contribution < -0.4 is 10.6 Å². The third-order valence-electron chi connectivity index (χ3n) is 3.82. The molecule has 0 aromatic heterocycles. The van der Waals surface area contributed by atoms with Crippen LogP contribution in [0, 0.1) is 5.92 Å². The van der Waals surface area contributed by atoms with Crippen LogP contribution in [-0.4, -0.2) is 42.9 Å². The maximum Gasteiger partial charge on any atom is 0.315 e. The zero-order valence-electron chi connectivity index (χ0n) is 12.4. The van der Waals surface area contributed by atoms with E-state index in [4.69, 9.17) is 9.84 Å². The molecule has 0 spiro atoms. The molecule has 0 heterocycles. The maximum atomic E-state index is 11.8. The zero-order valence-corrected chi connectivity index (χ0v) is 12.4. The number of methoxy groups -OCH3 is 1. The van der Waals surface area contributed by atoms with Crippen LogP contribution >= 0.6 is 0 Å². The minimum Gasteiger partial charge on any atom is -0.481 e. The van der Waals surface area contributed by atoms with Crippen LogP contribution in [0.5, 0.6) is 0 Å². The van der Waals surface area contributed by atoms with E-state index in [1.165, 1.54) is 13.5 Å². The molecular weight excluding hydrogens is 260 g/mol. The number of carboxylic acids is 1. The number of nitrogens with one attached hydrogen (secondary N) is 2. The van der Waals surface area contributed by atoms with E-state index >= 15 is 0 Å². The normalized spacial score (nSPS) is 24.5. The summed E-state index contributed by atoms with van der Waals surface area (Å²) in [6.07, 6.45) is 4.93. The van der Waals surface area contributed by atoms with E-state index < -0.39 is 12.1 Å². The second-order valence-corrected chi connectivity index (χ2v) is 5.62. The monoisotopic (exact) mass is 286 g/mol. The van der Waals surface area contributed by atoms with Crippen molar-refractivity contribution in [1.29, 1.82) is 0 Å². The van der Waals surface area contributed by atoms with E-state index in [1.807, 2.05) is 0 Å². The highest BCUT2D eigenvalue weighted by Crippen LogP contribution is 2.22. The molecule has 0 aliphatic heterocycles. The Balaban J connectivity index is 2.26. The molecular formula is C14H26N2O4. The van der Waals surface area contributed by atoms with E-state index in [-0.39, 0.29) is 25.0 Å². The second kappa shape index (κ2) is 8.79. The van der Waals surface area contributed by atoms with E-state index in [0.717, 1.165) is 31.6 Å². The lowest BCUT2D eigenvalue weighted by atomic mass is 10.0. The SMILES string of the molecule is COC(CNC(=O)NC1CCCC(C)CC1)CC(=O)O. The number of carbonyl (C=O) groups is 2. The van der Waals surface area contributed by atoms with Gasteiger partial charge in [-0.3, -0.25) is 4.79 Å². The highest BCUT2D eigenvalue weighted by molar-refractivity contribution is 5.74. The van der Waals surface area contributed by atoms with Gasteiger partial charge in [0.25, 0.3) is 0 Å². The average Bonchev–Trinajstić information content (AvgIpc) is 2.59. The lowest BCUT2D eigenvalue weighted by Gasteiger charge is -2.19. The minimum atomic E-state index is -0.934. The van der Waals surface area contributed by atoms with Gasteiger partial charge in [-0.15, -0.1) is 0 Å². The molecule has 6 nitrogen and oxygen atoms in total. The molecule has 1 aliphatic rings. The Morgan fingerprint density at radius 1 is 1.30 bits per heavy atom. The van der Waals surface area contributed by atoms with Crippen molar-refractivity contribution in [2.24, 2.45) is 5.92 Å². The number of urea groups is 1. The summed E-state index contributed by atoms with van der Waals surface area (Å²) in [7, 11) is 1.44. The standard InChI is InChI=1S/C14H26N2O4/c1-10-4-3-5-11(7-6-10)16-14(19)15-9-12(20-2)8-13(17)18/h10-12H,3-9H2,1-2H3,(H,17,18)(H2,15,16,19). The van der Waals surface area contributed by atoms with Crippen molar-refractivity contribution in [3.63, 3.8) is 0 Å². The number of aliphatic carboxylic acids is 1. The van der Waals surface area contributed by atoms with Gasteiger partial charge in [0.1, 0.15) is 0 Å². The van der Waals surface area contributed by atoms with Crippen LogP contribution in [0.3, 0.4) is 0 Å². The summed E-state index contributed by atoms with van der Waals surface area (Å²) < 4.78 is 5.01. The van der Waals surface area contributed by atoms with Crippen LogP contribution in [0.2, 0.25) is 0 Å². The number of ether oxygens (including phenoxy) is 1. The summed E-state index contributed by atoms with van der Waals surface area (Å²) in [5.74, 6) is -0.199. The summed E-state index contributed by atoms with van der Waals surface area (Å²) >= 11 is 0. The fourth-order valence-electron chi connectivity index (χ4n) is 2.51. The summed E-state index contributed by atoms with van der Waals surface area (Å²) in [5, 5.41) is 14.3. The number of carbonyl (C=O) groups excluding carboxylic acids is 1. The molecule has 1 aliphatic carbocycles. The van der Waals surface area contributed by atoms with Gasteiger partial charge < -0.3 is 20.5 Å². The third-order valence-corrected chi connectivity index (χ3v) is 3.82. The molecule has 3 unspecified atom stereocenters. The third kappa shape index (κ3) is 6.75. The largest absolute Gasteiger partial charge is 0.481 e. The fourth-order valence-corrected chi connectivity index (χ4v) is 2.51. The van der Waals surface area contributed by atoms with E-state index in [0.29, 0.717) is 0 Å². The summed E-state index contributed by atoms with van der Waals surface area (Å²) in [4.78, 5) is 22.4. The highest BCUT2D eigenvalue weighted by Gasteiger charge is 2.19. The van der Waals surface area contributed by atoms with Gasteiger partial charge in [-0.05, 0) is 25.2 Å². The Labute approximate surface area is 120 Å². The van der Waals surface area contributed by atoms with Crippen molar-refractivity contribution in [2.75, 3.05) is 13.7 Å². The van der Waals surface area contributed by atoms with Crippen molar-refractivity contribution in [1.82, 2.24) is 10.6 Å². The molecule has 0 aromatic rings. The lowest BCUT2D eigenvalue weighted by Crippen LogP contribution is -2.45. The fraction of sp³-hybridized carbons (Fsp3) is 0.857. The van der Waals surface area contributed by atoms with Crippen molar-refractivity contribution in [3.8, 4) is 0 Å². The number of carboxylic acid groups (broad SMARTS) is 1. The first-order valence-electron chi connectivity index (χ1n) is 7.30. The van der Waals surface area contributed by atoms with Crippen molar-refractivity contribution >= 4 is 12.0 Å². The Morgan fingerprint density at radius 3 is 2.70 bits per heavy atom. The van der Waals surface area contributed by atoms with Crippen molar-refractivity contribution in [3.05, 3.63) is 0 Å². The van der Waals surface area contributed by atoms with Gasteiger partial charge in [0, 0.05) is 19.7 Å². The lowest BCUT2D eigenvalue weighted by molar-refractivity contribution is -0.139. The molecule has 20 heavy (non-hydrogen) atoms. The van der Waals surface area contributed by atoms with E-state index in [1.54, 1.807) is 0 Å². The quantitative estimate of drug-likeness (QED) is 0.649. The van der Waals surface area contributed by atoms with Crippen LogP contribution in [0.4, 0.5) is 4.79 Å². The van der Waals surface area contributed by atoms with Gasteiger partial charge in [-0.2, -0.15) is 0 Å². The summed E-state index contributed by atoms with van der Waals surface area (Å²) in [6, 6.07) is -0.0163. The van der Waals surface area contributed by atoms with Crippen LogP contribution in [0.25, 0.3) is 0 Å². The maximum absolute atomic E-state index is 11.8. The Morgan fingerprint density at radius 2 is 2.05 bits per heavy atom. The number of amides is 2. The molecule has 0 saturated heterocycles. The predicted molar refractivity (Wildman–Crippen MR) is 75.6 cm³/mol. The molecule has 116 valence electrons. The Bertz CT molecular complexity index is 322. The second-order valence-electron chi connectivity index (χ2n) is 5.62. The smallest absolute Gasteiger partial charge is 0.315 e. The molecule has 3 N–H and O–H groups in total. The summed E-state index contributed by atoms with van der Waals surface area (Å²) in [6.45, 7) is 2.45. The number of hydrogen-bond acceptors (Lipinski definition) is 3. The Kier molecular flexibility index (Phi) is 7.36.